The van der Waals surface area contributed by atoms with Crippen molar-refractivity contribution in [3.8, 4) is 11.3 Å². The van der Waals surface area contributed by atoms with Crippen molar-refractivity contribution in [1.29, 1.82) is 0 Å². The number of benzene rings is 1. The van der Waals surface area contributed by atoms with Crippen molar-refractivity contribution in [2.45, 2.75) is 19.9 Å². The second kappa shape index (κ2) is 6.27. The highest BCUT2D eigenvalue weighted by Crippen LogP contribution is 2.42. The topological polar surface area (TPSA) is 58.1 Å². The Morgan fingerprint density at radius 3 is 2.82 bits per heavy atom. The molecule has 0 fully saturated rings. The molecule has 1 aliphatic rings. The number of carbonyl (C=O) groups is 1. The van der Waals surface area contributed by atoms with Gasteiger partial charge in [0.15, 0.2) is 0 Å². The summed E-state index contributed by atoms with van der Waals surface area (Å²) in [6, 6.07) is 12.4. The number of hydrogen-bond acceptors (Lipinski definition) is 5. The minimum atomic E-state index is 0.0107. The fourth-order valence-corrected chi connectivity index (χ4v) is 5.09. The molecule has 0 saturated heterocycles. The number of likely N-dealkylation sites (N-methyl/N-ethyl adjacent to an activating group) is 1. The molecule has 140 valence electrons. The maximum atomic E-state index is 12.7. The SMILES string of the molecule is Cc1ccc(-c2ccc3c(ccc4sc5c(c43)N(C)C[C@@H](C)NC5=O)n2)cn1. The second-order valence-corrected chi connectivity index (χ2v) is 8.48. The smallest absolute Gasteiger partial charge is 0.263 e. The van der Waals surface area contributed by atoms with Crippen LogP contribution in [0.15, 0.2) is 42.6 Å². The number of aryl methyl sites for hydroxylation is 1. The molecule has 0 saturated carbocycles. The van der Waals surface area contributed by atoms with Crippen LogP contribution in [0.2, 0.25) is 0 Å². The first-order valence-electron chi connectivity index (χ1n) is 9.32. The predicted molar refractivity (Wildman–Crippen MR) is 115 cm³/mol. The van der Waals surface area contributed by atoms with Crippen LogP contribution in [-0.2, 0) is 0 Å². The van der Waals surface area contributed by atoms with Crippen molar-refractivity contribution in [1.82, 2.24) is 15.3 Å². The van der Waals surface area contributed by atoms with Gasteiger partial charge in [-0.15, -0.1) is 11.3 Å². The Hall–Kier alpha value is -2.99. The molecule has 3 aromatic heterocycles. The molecule has 4 heterocycles. The van der Waals surface area contributed by atoms with E-state index in [1.165, 1.54) is 0 Å². The number of nitrogens with one attached hydrogen (secondary N) is 1. The van der Waals surface area contributed by atoms with E-state index in [9.17, 15) is 4.79 Å². The van der Waals surface area contributed by atoms with Crippen LogP contribution in [0.3, 0.4) is 0 Å². The molecular formula is C22H20N4OS. The number of carbonyl (C=O) groups excluding carboxylic acids is 1. The van der Waals surface area contributed by atoms with Crippen LogP contribution in [-0.4, -0.2) is 35.5 Å². The van der Waals surface area contributed by atoms with Gasteiger partial charge in [0, 0.05) is 52.6 Å². The molecular weight excluding hydrogens is 368 g/mol. The zero-order valence-electron chi connectivity index (χ0n) is 16.0. The van der Waals surface area contributed by atoms with Crippen LogP contribution in [0, 0.1) is 6.92 Å². The van der Waals surface area contributed by atoms with E-state index < -0.39 is 0 Å². The Morgan fingerprint density at radius 1 is 1.18 bits per heavy atom. The highest BCUT2D eigenvalue weighted by Gasteiger charge is 2.27. The normalized spacial score (nSPS) is 16.9. The Kier molecular flexibility index (Phi) is 3.84. The molecule has 1 aliphatic heterocycles. The minimum Gasteiger partial charge on any atom is -0.371 e. The van der Waals surface area contributed by atoms with Crippen LogP contribution >= 0.6 is 11.3 Å². The number of anilines is 1. The maximum Gasteiger partial charge on any atom is 0.263 e. The summed E-state index contributed by atoms with van der Waals surface area (Å²) in [7, 11) is 2.06. The summed E-state index contributed by atoms with van der Waals surface area (Å²) in [5.74, 6) is 0.0107. The number of aromatic nitrogens is 2. The number of fused-ring (bicyclic) bond motifs is 5. The molecule has 0 radical (unpaired) electrons. The van der Waals surface area contributed by atoms with Crippen LogP contribution in [0.5, 0.6) is 0 Å². The Labute approximate surface area is 167 Å². The van der Waals surface area contributed by atoms with Crippen LogP contribution < -0.4 is 10.2 Å². The zero-order chi connectivity index (χ0) is 19.4. The quantitative estimate of drug-likeness (QED) is 0.525. The molecule has 1 aromatic carbocycles. The van der Waals surface area contributed by atoms with Crippen molar-refractivity contribution in [2.75, 3.05) is 18.5 Å². The van der Waals surface area contributed by atoms with Gasteiger partial charge in [0.1, 0.15) is 4.88 Å². The average Bonchev–Trinajstić information content (AvgIpc) is 3.04. The number of rotatable bonds is 1. The van der Waals surface area contributed by atoms with E-state index in [1.54, 1.807) is 11.3 Å². The van der Waals surface area contributed by atoms with E-state index in [0.717, 1.165) is 55.0 Å². The molecule has 0 spiro atoms. The van der Waals surface area contributed by atoms with Gasteiger partial charge >= 0.3 is 0 Å². The lowest BCUT2D eigenvalue weighted by Gasteiger charge is -2.20. The first kappa shape index (κ1) is 17.1. The van der Waals surface area contributed by atoms with Crippen molar-refractivity contribution >= 4 is 43.9 Å². The lowest BCUT2D eigenvalue weighted by molar-refractivity contribution is 0.0949. The van der Waals surface area contributed by atoms with Crippen molar-refractivity contribution in [3.05, 3.63) is 53.2 Å². The lowest BCUT2D eigenvalue weighted by Crippen LogP contribution is -2.36. The Bertz CT molecular complexity index is 1230. The Morgan fingerprint density at radius 2 is 2.04 bits per heavy atom. The van der Waals surface area contributed by atoms with E-state index in [-0.39, 0.29) is 11.9 Å². The number of amides is 1. The highest BCUT2D eigenvalue weighted by molar-refractivity contribution is 7.21. The van der Waals surface area contributed by atoms with Crippen molar-refractivity contribution in [3.63, 3.8) is 0 Å². The third kappa shape index (κ3) is 2.64. The van der Waals surface area contributed by atoms with Crippen LogP contribution in [0.4, 0.5) is 5.69 Å². The zero-order valence-corrected chi connectivity index (χ0v) is 16.8. The average molecular weight is 388 g/mol. The van der Waals surface area contributed by atoms with E-state index in [4.69, 9.17) is 4.98 Å². The van der Waals surface area contributed by atoms with Gasteiger partial charge in [0.25, 0.3) is 5.91 Å². The van der Waals surface area contributed by atoms with Crippen LogP contribution in [0.1, 0.15) is 22.3 Å². The van der Waals surface area contributed by atoms with E-state index >= 15 is 0 Å². The van der Waals surface area contributed by atoms with E-state index in [2.05, 4.69) is 34.4 Å². The van der Waals surface area contributed by atoms with E-state index in [1.807, 2.05) is 44.3 Å². The molecule has 1 atom stereocenters. The third-order valence-electron chi connectivity index (χ3n) is 5.22. The Balaban J connectivity index is 1.74. The molecule has 0 bridgehead atoms. The summed E-state index contributed by atoms with van der Waals surface area (Å²) >= 11 is 1.55. The molecule has 0 unspecified atom stereocenters. The summed E-state index contributed by atoms with van der Waals surface area (Å²) in [5.41, 5.74) is 4.83. The number of thiophene rings is 1. The highest BCUT2D eigenvalue weighted by atomic mass is 32.1. The van der Waals surface area contributed by atoms with E-state index in [0.29, 0.717) is 0 Å². The molecule has 0 aliphatic carbocycles. The summed E-state index contributed by atoms with van der Waals surface area (Å²) in [6.45, 7) is 4.79. The number of hydrogen-bond donors (Lipinski definition) is 1. The van der Waals surface area contributed by atoms with Gasteiger partial charge in [-0.1, -0.05) is 0 Å². The fourth-order valence-electron chi connectivity index (χ4n) is 3.92. The summed E-state index contributed by atoms with van der Waals surface area (Å²) in [4.78, 5) is 24.9. The lowest BCUT2D eigenvalue weighted by atomic mass is 10.1. The standard InChI is InChI=1S/C22H20N4OS/c1-12-4-5-14(10-23-12)16-7-6-15-17(25-16)8-9-18-19(15)20-21(28-18)22(27)24-13(2)11-26(20)3/h4-10,13H,11H2,1-3H3,(H,24,27)/t13-/m1/s1. The van der Waals surface area contributed by atoms with Crippen molar-refractivity contribution in [2.24, 2.45) is 0 Å². The molecule has 1 N–H and O–H groups in total. The van der Waals surface area contributed by atoms with Gasteiger partial charge in [-0.3, -0.25) is 9.78 Å². The first-order valence-corrected chi connectivity index (χ1v) is 10.1. The number of nitrogens with zero attached hydrogens (tertiary/aromatic N) is 3. The van der Waals surface area contributed by atoms with Gasteiger partial charge in [0.05, 0.1) is 16.9 Å². The first-order chi connectivity index (χ1) is 13.5. The monoisotopic (exact) mass is 388 g/mol. The predicted octanol–water partition coefficient (Wildman–Crippen LogP) is 4.39. The van der Waals surface area contributed by atoms with Gasteiger partial charge in [-0.2, -0.15) is 0 Å². The molecule has 4 aromatic rings. The largest absolute Gasteiger partial charge is 0.371 e. The fraction of sp³-hybridized carbons (Fsp3) is 0.227. The molecule has 28 heavy (non-hydrogen) atoms. The minimum absolute atomic E-state index is 0.0107. The van der Waals surface area contributed by atoms with Gasteiger partial charge in [-0.05, 0) is 50.2 Å². The molecule has 1 amide bonds. The van der Waals surface area contributed by atoms with Gasteiger partial charge in [0.2, 0.25) is 0 Å². The third-order valence-corrected chi connectivity index (χ3v) is 6.36. The summed E-state index contributed by atoms with van der Waals surface area (Å²) in [6.07, 6.45) is 1.86. The molecule has 5 nitrogen and oxygen atoms in total. The number of pyridine rings is 2. The summed E-state index contributed by atoms with van der Waals surface area (Å²) in [5, 5.41) is 5.27. The summed E-state index contributed by atoms with van der Waals surface area (Å²) < 4.78 is 1.11. The second-order valence-electron chi connectivity index (χ2n) is 7.42. The van der Waals surface area contributed by atoms with Gasteiger partial charge < -0.3 is 10.2 Å². The maximum absolute atomic E-state index is 12.7. The molecule has 6 heteroatoms. The molecule has 5 rings (SSSR count). The van der Waals surface area contributed by atoms with Gasteiger partial charge in [-0.25, -0.2) is 4.98 Å². The van der Waals surface area contributed by atoms with Crippen molar-refractivity contribution < 1.29 is 4.79 Å². The van der Waals surface area contributed by atoms with Crippen LogP contribution in [0.25, 0.3) is 32.2 Å².